The van der Waals surface area contributed by atoms with Gasteiger partial charge in [-0.2, -0.15) is 0 Å². The zero-order valence-corrected chi connectivity index (χ0v) is 14.2. The van der Waals surface area contributed by atoms with Crippen LogP contribution < -0.4 is 10.1 Å². The van der Waals surface area contributed by atoms with Gasteiger partial charge >= 0.3 is 6.03 Å². The molecule has 24 heavy (non-hydrogen) atoms. The first kappa shape index (κ1) is 16.2. The summed E-state index contributed by atoms with van der Waals surface area (Å²) in [6.07, 6.45) is 3.39. The Morgan fingerprint density at radius 1 is 1.25 bits per heavy atom. The minimum absolute atomic E-state index is 0.0125. The molecule has 0 saturated carbocycles. The van der Waals surface area contributed by atoms with Crippen molar-refractivity contribution in [3.05, 3.63) is 47.9 Å². The van der Waals surface area contributed by atoms with Crippen LogP contribution in [0.15, 0.2) is 36.7 Å². The Bertz CT molecular complexity index is 723. The Balaban J connectivity index is 1.69. The number of pyridine rings is 2. The number of urea groups is 1. The summed E-state index contributed by atoms with van der Waals surface area (Å²) in [6.45, 7) is 7.74. The molecule has 2 aromatic heterocycles. The second-order valence-electron chi connectivity index (χ2n) is 6.85. The van der Waals surface area contributed by atoms with E-state index in [-0.39, 0.29) is 11.4 Å². The lowest BCUT2D eigenvalue weighted by Crippen LogP contribution is -2.36. The predicted molar refractivity (Wildman–Crippen MR) is 92.1 cm³/mol. The SMILES string of the molecule is CC(C)(C)c1ccc(NC(=O)N2CCOc3ncccc3C2)cn1. The van der Waals surface area contributed by atoms with Crippen molar-refractivity contribution >= 4 is 11.7 Å². The zero-order chi connectivity index (χ0) is 17.2. The molecule has 2 aromatic rings. The number of rotatable bonds is 1. The summed E-state index contributed by atoms with van der Waals surface area (Å²) in [7, 11) is 0. The summed E-state index contributed by atoms with van der Waals surface area (Å²) in [6, 6.07) is 7.43. The van der Waals surface area contributed by atoms with Crippen LogP contribution in [0, 0.1) is 0 Å². The lowest BCUT2D eigenvalue weighted by Gasteiger charge is -2.21. The van der Waals surface area contributed by atoms with Crippen molar-refractivity contribution in [2.75, 3.05) is 18.5 Å². The van der Waals surface area contributed by atoms with Gasteiger partial charge in [0.2, 0.25) is 5.88 Å². The molecule has 0 fully saturated rings. The van der Waals surface area contributed by atoms with E-state index in [2.05, 4.69) is 36.1 Å². The first-order valence-electron chi connectivity index (χ1n) is 8.02. The van der Waals surface area contributed by atoms with Crippen LogP contribution in [0.4, 0.5) is 10.5 Å². The molecule has 126 valence electrons. The Morgan fingerprint density at radius 2 is 2.08 bits per heavy atom. The van der Waals surface area contributed by atoms with E-state index >= 15 is 0 Å². The fourth-order valence-corrected chi connectivity index (χ4v) is 2.50. The number of anilines is 1. The van der Waals surface area contributed by atoms with Crippen molar-refractivity contribution < 1.29 is 9.53 Å². The maximum atomic E-state index is 12.5. The average molecular weight is 326 g/mol. The summed E-state index contributed by atoms with van der Waals surface area (Å²) in [4.78, 5) is 22.9. The van der Waals surface area contributed by atoms with Gasteiger partial charge in [0, 0.05) is 22.9 Å². The van der Waals surface area contributed by atoms with Crippen molar-refractivity contribution in [2.24, 2.45) is 0 Å². The number of carbonyl (C=O) groups excluding carboxylic acids is 1. The van der Waals surface area contributed by atoms with Gasteiger partial charge in [-0.3, -0.25) is 4.98 Å². The molecular formula is C18H22N4O2. The molecule has 1 aliphatic heterocycles. The summed E-state index contributed by atoms with van der Waals surface area (Å²) in [5.74, 6) is 0.601. The molecule has 0 bridgehead atoms. The standard InChI is InChI=1S/C18H22N4O2/c1-18(2,3)15-7-6-14(11-20-15)21-17(23)22-9-10-24-16-13(12-22)5-4-8-19-16/h4-8,11H,9-10,12H2,1-3H3,(H,21,23). The number of fused-ring (bicyclic) bond motifs is 1. The van der Waals surface area contributed by atoms with E-state index in [4.69, 9.17) is 4.74 Å². The topological polar surface area (TPSA) is 67.4 Å². The van der Waals surface area contributed by atoms with Crippen molar-refractivity contribution in [1.82, 2.24) is 14.9 Å². The molecule has 0 radical (unpaired) electrons. The predicted octanol–water partition coefficient (Wildman–Crippen LogP) is 3.20. The number of nitrogens with zero attached hydrogens (tertiary/aromatic N) is 3. The van der Waals surface area contributed by atoms with Crippen LogP contribution in [0.1, 0.15) is 32.0 Å². The molecule has 0 atom stereocenters. The number of hydrogen-bond donors (Lipinski definition) is 1. The molecule has 2 amide bonds. The van der Waals surface area contributed by atoms with E-state index in [0.29, 0.717) is 31.3 Å². The van der Waals surface area contributed by atoms with Crippen LogP contribution in [-0.4, -0.2) is 34.1 Å². The Hall–Kier alpha value is -2.63. The van der Waals surface area contributed by atoms with E-state index in [9.17, 15) is 4.79 Å². The van der Waals surface area contributed by atoms with Gasteiger partial charge in [0.05, 0.1) is 25.0 Å². The fraction of sp³-hybridized carbons (Fsp3) is 0.389. The highest BCUT2D eigenvalue weighted by Gasteiger charge is 2.21. The average Bonchev–Trinajstić information content (AvgIpc) is 2.77. The normalized spacial score (nSPS) is 14.4. The van der Waals surface area contributed by atoms with Gasteiger partial charge in [0.25, 0.3) is 0 Å². The van der Waals surface area contributed by atoms with Crippen molar-refractivity contribution in [3.63, 3.8) is 0 Å². The quantitative estimate of drug-likeness (QED) is 0.874. The number of aromatic nitrogens is 2. The lowest BCUT2D eigenvalue weighted by molar-refractivity contribution is 0.200. The zero-order valence-electron chi connectivity index (χ0n) is 14.2. The van der Waals surface area contributed by atoms with Crippen LogP contribution in [0.25, 0.3) is 0 Å². The summed E-state index contributed by atoms with van der Waals surface area (Å²) >= 11 is 0. The maximum absolute atomic E-state index is 12.5. The van der Waals surface area contributed by atoms with Gasteiger partial charge < -0.3 is 15.0 Å². The van der Waals surface area contributed by atoms with Crippen LogP contribution >= 0.6 is 0 Å². The monoisotopic (exact) mass is 326 g/mol. The highest BCUT2D eigenvalue weighted by atomic mass is 16.5. The van der Waals surface area contributed by atoms with Gasteiger partial charge in [0.1, 0.15) is 6.61 Å². The third-order valence-electron chi connectivity index (χ3n) is 3.88. The van der Waals surface area contributed by atoms with Gasteiger partial charge in [-0.05, 0) is 18.2 Å². The van der Waals surface area contributed by atoms with Gasteiger partial charge in [-0.15, -0.1) is 0 Å². The molecule has 1 aliphatic rings. The van der Waals surface area contributed by atoms with Gasteiger partial charge in [-0.1, -0.05) is 26.8 Å². The molecule has 6 heteroatoms. The number of carbonyl (C=O) groups is 1. The number of ether oxygens (including phenoxy) is 1. The van der Waals surface area contributed by atoms with Crippen LogP contribution in [0.2, 0.25) is 0 Å². The smallest absolute Gasteiger partial charge is 0.322 e. The van der Waals surface area contributed by atoms with E-state index in [1.165, 1.54) is 0 Å². The molecule has 1 N–H and O–H groups in total. The van der Waals surface area contributed by atoms with Gasteiger partial charge in [-0.25, -0.2) is 9.78 Å². The number of nitrogens with one attached hydrogen (secondary N) is 1. The molecule has 6 nitrogen and oxygen atoms in total. The molecular weight excluding hydrogens is 304 g/mol. The van der Waals surface area contributed by atoms with E-state index < -0.39 is 0 Å². The first-order valence-corrected chi connectivity index (χ1v) is 8.02. The second kappa shape index (κ2) is 6.47. The third kappa shape index (κ3) is 3.64. The summed E-state index contributed by atoms with van der Waals surface area (Å²) in [5, 5.41) is 2.90. The van der Waals surface area contributed by atoms with Crippen molar-refractivity contribution in [1.29, 1.82) is 0 Å². The number of hydrogen-bond acceptors (Lipinski definition) is 4. The van der Waals surface area contributed by atoms with Crippen molar-refractivity contribution in [2.45, 2.75) is 32.7 Å². The van der Waals surface area contributed by atoms with Crippen LogP contribution in [0.5, 0.6) is 5.88 Å². The first-order chi connectivity index (χ1) is 11.4. The largest absolute Gasteiger partial charge is 0.476 e. The highest BCUT2D eigenvalue weighted by Crippen LogP contribution is 2.22. The minimum atomic E-state index is -0.166. The molecule has 3 heterocycles. The van der Waals surface area contributed by atoms with Gasteiger partial charge in [0.15, 0.2) is 0 Å². The molecule has 0 unspecified atom stereocenters. The maximum Gasteiger partial charge on any atom is 0.322 e. The molecule has 0 aromatic carbocycles. The third-order valence-corrected chi connectivity index (χ3v) is 3.88. The Morgan fingerprint density at radius 3 is 2.79 bits per heavy atom. The summed E-state index contributed by atoms with van der Waals surface area (Å²) in [5.41, 5.74) is 2.57. The Kier molecular flexibility index (Phi) is 4.38. The lowest BCUT2D eigenvalue weighted by atomic mass is 9.92. The number of amides is 2. The minimum Gasteiger partial charge on any atom is -0.476 e. The van der Waals surface area contributed by atoms with E-state index in [0.717, 1.165) is 11.3 Å². The van der Waals surface area contributed by atoms with Crippen LogP contribution in [-0.2, 0) is 12.0 Å². The Labute approximate surface area is 141 Å². The van der Waals surface area contributed by atoms with Crippen LogP contribution in [0.3, 0.4) is 0 Å². The fourth-order valence-electron chi connectivity index (χ4n) is 2.50. The van der Waals surface area contributed by atoms with Crippen molar-refractivity contribution in [3.8, 4) is 5.88 Å². The summed E-state index contributed by atoms with van der Waals surface area (Å²) < 4.78 is 5.59. The molecule has 0 spiro atoms. The van der Waals surface area contributed by atoms with E-state index in [1.807, 2.05) is 24.3 Å². The molecule has 3 rings (SSSR count). The molecule has 0 aliphatic carbocycles. The van der Waals surface area contributed by atoms with E-state index in [1.54, 1.807) is 17.3 Å². The second-order valence-corrected chi connectivity index (χ2v) is 6.85. The molecule has 0 saturated heterocycles. The highest BCUT2D eigenvalue weighted by molar-refractivity contribution is 5.89.